The van der Waals surface area contributed by atoms with Crippen LogP contribution in [0.1, 0.15) is 23.4 Å². The minimum atomic E-state index is -3.66. The summed E-state index contributed by atoms with van der Waals surface area (Å²) in [6, 6.07) is 7.64. The summed E-state index contributed by atoms with van der Waals surface area (Å²) in [7, 11) is -2.05. The lowest BCUT2D eigenvalue weighted by molar-refractivity contribution is -0.132. The van der Waals surface area contributed by atoms with E-state index >= 15 is 0 Å². The van der Waals surface area contributed by atoms with Crippen molar-refractivity contribution in [2.24, 2.45) is 0 Å². The number of benzene rings is 1. The second kappa shape index (κ2) is 8.32. The third-order valence-electron chi connectivity index (χ3n) is 4.94. The topological polar surface area (TPSA) is 93.0 Å². The Balaban J connectivity index is 1.55. The predicted octanol–water partition coefficient (Wildman–Crippen LogP) is 1.77. The molecule has 8 nitrogen and oxygen atoms in total. The van der Waals surface area contributed by atoms with Gasteiger partial charge in [-0.05, 0) is 38.0 Å². The summed E-state index contributed by atoms with van der Waals surface area (Å²) in [6.45, 7) is 4.49. The molecule has 0 saturated carbocycles. The van der Waals surface area contributed by atoms with Gasteiger partial charge in [-0.2, -0.15) is 4.31 Å². The molecule has 1 aromatic heterocycles. The molecule has 0 atom stereocenters. The molecule has 0 radical (unpaired) electrons. The Labute approximate surface area is 165 Å². The average Bonchev–Trinajstić information content (AvgIpc) is 3.05. The summed E-state index contributed by atoms with van der Waals surface area (Å²) in [6.07, 6.45) is 1.03. The molecule has 0 aliphatic carbocycles. The van der Waals surface area contributed by atoms with E-state index in [1.165, 1.54) is 4.31 Å². The number of hydrogen-bond acceptors (Lipinski definition) is 6. The number of nitrogens with zero attached hydrogens (tertiary/aromatic N) is 3. The number of amides is 1. The number of hydrogen-bond donors (Lipinski definition) is 0. The number of rotatable bonds is 6. The van der Waals surface area contributed by atoms with Gasteiger partial charge < -0.3 is 14.2 Å². The van der Waals surface area contributed by atoms with Crippen molar-refractivity contribution in [1.29, 1.82) is 0 Å². The molecule has 0 unspecified atom stereocenters. The van der Waals surface area contributed by atoms with Crippen LogP contribution in [-0.4, -0.2) is 62.0 Å². The van der Waals surface area contributed by atoms with Gasteiger partial charge in [-0.15, -0.1) is 0 Å². The molecular weight excluding hydrogens is 382 g/mol. The zero-order valence-corrected chi connectivity index (χ0v) is 17.2. The van der Waals surface area contributed by atoms with Gasteiger partial charge in [0.05, 0.1) is 7.11 Å². The van der Waals surface area contributed by atoms with Crippen LogP contribution in [0, 0.1) is 13.8 Å². The van der Waals surface area contributed by atoms with E-state index < -0.39 is 10.0 Å². The first-order chi connectivity index (χ1) is 13.3. The number of ether oxygens (including phenoxy) is 1. The summed E-state index contributed by atoms with van der Waals surface area (Å²) in [4.78, 5) is 14.4. The molecule has 1 fully saturated rings. The summed E-state index contributed by atoms with van der Waals surface area (Å²) in [5.41, 5.74) is 1.42. The first-order valence-electron chi connectivity index (χ1n) is 9.16. The molecule has 2 aromatic rings. The lowest BCUT2D eigenvalue weighted by Crippen LogP contribution is -2.50. The van der Waals surface area contributed by atoms with Gasteiger partial charge in [0.1, 0.15) is 16.3 Å². The van der Waals surface area contributed by atoms with Crippen molar-refractivity contribution in [3.05, 3.63) is 41.3 Å². The largest absolute Gasteiger partial charge is 0.497 e. The normalized spacial score (nSPS) is 15.6. The van der Waals surface area contributed by atoms with Gasteiger partial charge in [0.25, 0.3) is 0 Å². The maximum absolute atomic E-state index is 12.8. The quantitative estimate of drug-likeness (QED) is 0.725. The van der Waals surface area contributed by atoms with Crippen LogP contribution < -0.4 is 4.74 Å². The predicted molar refractivity (Wildman–Crippen MR) is 103 cm³/mol. The minimum absolute atomic E-state index is 0.0326. The smallest absolute Gasteiger partial charge is 0.248 e. The van der Waals surface area contributed by atoms with E-state index in [0.29, 0.717) is 31.6 Å². The van der Waals surface area contributed by atoms with Crippen molar-refractivity contribution in [2.75, 3.05) is 33.3 Å². The molecule has 0 N–H and O–H groups in total. The third kappa shape index (κ3) is 4.20. The molecule has 0 bridgehead atoms. The highest BCUT2D eigenvalue weighted by molar-refractivity contribution is 7.89. The molecule has 2 heterocycles. The Morgan fingerprint density at radius 2 is 1.79 bits per heavy atom. The van der Waals surface area contributed by atoms with E-state index in [0.717, 1.165) is 11.3 Å². The van der Waals surface area contributed by atoms with Crippen molar-refractivity contribution >= 4 is 15.9 Å². The third-order valence-corrected chi connectivity index (χ3v) is 7.09. The standard InChI is InChI=1S/C19H25N3O5S/c1-14-19(15(2)27-20-14)28(24,25)22-12-10-21(11-13-22)18(23)9-6-16-4-7-17(26-3)8-5-16/h4-5,7-8H,6,9-13H2,1-3H3. The van der Waals surface area contributed by atoms with Gasteiger partial charge >= 0.3 is 0 Å². The Hall–Kier alpha value is -2.39. The van der Waals surface area contributed by atoms with Gasteiger partial charge in [0.2, 0.25) is 15.9 Å². The van der Waals surface area contributed by atoms with E-state index in [-0.39, 0.29) is 29.7 Å². The van der Waals surface area contributed by atoms with Crippen molar-refractivity contribution in [3.8, 4) is 5.75 Å². The lowest BCUT2D eigenvalue weighted by Gasteiger charge is -2.34. The molecule has 1 aliphatic rings. The highest BCUT2D eigenvalue weighted by Gasteiger charge is 2.34. The van der Waals surface area contributed by atoms with Crippen LogP contribution in [-0.2, 0) is 21.2 Å². The number of carbonyl (C=O) groups excluding carboxylic acids is 1. The summed E-state index contributed by atoms with van der Waals surface area (Å²) < 4.78 is 37.2. The summed E-state index contributed by atoms with van der Waals surface area (Å²) in [5, 5.41) is 3.73. The van der Waals surface area contributed by atoms with Crippen LogP contribution in [0.5, 0.6) is 5.75 Å². The monoisotopic (exact) mass is 407 g/mol. The van der Waals surface area contributed by atoms with Crippen LogP contribution >= 0.6 is 0 Å². The highest BCUT2D eigenvalue weighted by atomic mass is 32.2. The maximum atomic E-state index is 12.8. The van der Waals surface area contributed by atoms with Crippen LogP contribution in [0.3, 0.4) is 0 Å². The number of aryl methyl sites for hydroxylation is 3. The molecule has 1 aromatic carbocycles. The summed E-state index contributed by atoms with van der Waals surface area (Å²) in [5.74, 6) is 1.10. The van der Waals surface area contributed by atoms with Crippen LogP contribution in [0.25, 0.3) is 0 Å². The number of piperazine rings is 1. The lowest BCUT2D eigenvalue weighted by atomic mass is 10.1. The first kappa shape index (κ1) is 20.3. The molecule has 28 heavy (non-hydrogen) atoms. The molecule has 9 heteroatoms. The SMILES string of the molecule is COc1ccc(CCC(=O)N2CCN(S(=O)(=O)c3c(C)noc3C)CC2)cc1. The first-order valence-corrected chi connectivity index (χ1v) is 10.6. The summed E-state index contributed by atoms with van der Waals surface area (Å²) >= 11 is 0. The Bertz CT molecular complexity index is 909. The fraction of sp³-hybridized carbons (Fsp3) is 0.474. The molecule has 1 saturated heterocycles. The number of sulfonamides is 1. The maximum Gasteiger partial charge on any atom is 0.248 e. The molecule has 3 rings (SSSR count). The van der Waals surface area contributed by atoms with Gasteiger partial charge in [-0.25, -0.2) is 8.42 Å². The second-order valence-corrected chi connectivity index (χ2v) is 8.66. The molecule has 1 aliphatic heterocycles. The van der Waals surface area contributed by atoms with Gasteiger partial charge in [-0.1, -0.05) is 17.3 Å². The number of carbonyl (C=O) groups is 1. The fourth-order valence-electron chi connectivity index (χ4n) is 3.35. The Morgan fingerprint density at radius 3 is 2.32 bits per heavy atom. The number of methoxy groups -OCH3 is 1. The second-order valence-electron chi connectivity index (χ2n) is 6.79. The van der Waals surface area contributed by atoms with Crippen LogP contribution in [0.15, 0.2) is 33.7 Å². The number of aromatic nitrogens is 1. The fourth-order valence-corrected chi connectivity index (χ4v) is 5.06. The van der Waals surface area contributed by atoms with E-state index in [9.17, 15) is 13.2 Å². The zero-order chi connectivity index (χ0) is 20.3. The Kier molecular flexibility index (Phi) is 6.04. The molecule has 1 amide bonds. The van der Waals surface area contributed by atoms with Crippen molar-refractivity contribution in [1.82, 2.24) is 14.4 Å². The highest BCUT2D eigenvalue weighted by Crippen LogP contribution is 2.24. The van der Waals surface area contributed by atoms with Gasteiger partial charge in [0, 0.05) is 32.6 Å². The van der Waals surface area contributed by atoms with Gasteiger partial charge in [0.15, 0.2) is 5.76 Å². The van der Waals surface area contributed by atoms with Gasteiger partial charge in [-0.3, -0.25) is 4.79 Å². The van der Waals surface area contributed by atoms with Crippen molar-refractivity contribution < 1.29 is 22.5 Å². The van der Waals surface area contributed by atoms with E-state index in [2.05, 4.69) is 5.16 Å². The van der Waals surface area contributed by atoms with Crippen molar-refractivity contribution in [3.63, 3.8) is 0 Å². The Morgan fingerprint density at radius 1 is 1.14 bits per heavy atom. The van der Waals surface area contributed by atoms with E-state index in [4.69, 9.17) is 9.26 Å². The average molecular weight is 407 g/mol. The van der Waals surface area contributed by atoms with Crippen LogP contribution in [0.2, 0.25) is 0 Å². The molecule has 0 spiro atoms. The molecule has 152 valence electrons. The van der Waals surface area contributed by atoms with Crippen molar-refractivity contribution in [2.45, 2.75) is 31.6 Å². The van der Waals surface area contributed by atoms with E-state index in [1.54, 1.807) is 25.9 Å². The minimum Gasteiger partial charge on any atom is -0.497 e. The van der Waals surface area contributed by atoms with Crippen LogP contribution in [0.4, 0.5) is 0 Å². The van der Waals surface area contributed by atoms with E-state index in [1.807, 2.05) is 24.3 Å². The zero-order valence-electron chi connectivity index (χ0n) is 16.3. The molecular formula is C19H25N3O5S.